The summed E-state index contributed by atoms with van der Waals surface area (Å²) in [7, 11) is 1.70. The molecule has 0 heterocycles. The highest BCUT2D eigenvalue weighted by atomic mass is 32.1. The maximum absolute atomic E-state index is 8.59. The number of thiocarbonyl (C=S) groups is 1. The van der Waals surface area contributed by atoms with E-state index in [0.29, 0.717) is 12.5 Å². The fourth-order valence-corrected chi connectivity index (χ4v) is 1.86. The van der Waals surface area contributed by atoms with Gasteiger partial charge in [0.25, 0.3) is 0 Å². The minimum absolute atomic E-state index is 0.538. The summed E-state index contributed by atoms with van der Waals surface area (Å²) >= 11 is 5.32. The zero-order valence-electron chi connectivity index (χ0n) is 9.74. The van der Waals surface area contributed by atoms with Crippen molar-refractivity contribution in [2.75, 3.05) is 26.8 Å². The van der Waals surface area contributed by atoms with Crippen LogP contribution < -0.4 is 5.32 Å². The monoisotopic (exact) mass is 241 g/mol. The summed E-state index contributed by atoms with van der Waals surface area (Å²) in [5.41, 5.74) is 0. The first-order valence-electron chi connectivity index (χ1n) is 5.70. The first kappa shape index (κ1) is 13.2. The van der Waals surface area contributed by atoms with Crippen LogP contribution in [0.5, 0.6) is 0 Å². The largest absolute Gasteiger partial charge is 0.385 e. The van der Waals surface area contributed by atoms with E-state index in [2.05, 4.69) is 16.3 Å². The van der Waals surface area contributed by atoms with E-state index in [0.717, 1.165) is 31.2 Å². The van der Waals surface area contributed by atoms with Crippen molar-refractivity contribution in [2.45, 2.75) is 31.7 Å². The van der Waals surface area contributed by atoms with E-state index in [1.807, 2.05) is 0 Å². The Labute approximate surface area is 103 Å². The van der Waals surface area contributed by atoms with E-state index in [1.165, 1.54) is 12.8 Å². The van der Waals surface area contributed by atoms with Crippen molar-refractivity contribution in [3.63, 3.8) is 0 Å². The molecule has 0 saturated heterocycles. The molecule has 0 bridgehead atoms. The van der Waals surface area contributed by atoms with Crippen molar-refractivity contribution in [1.82, 2.24) is 10.2 Å². The lowest BCUT2D eigenvalue weighted by Gasteiger charge is -2.24. The summed E-state index contributed by atoms with van der Waals surface area (Å²) in [6.07, 6.45) is 3.89. The standard InChI is InChI=1S/C11H19N3OS/c1-15-9-3-7-13-11(16)14(8-2-6-12)10-4-5-10/h10H,2-5,7-9H2,1H3,(H,13,16). The third-order valence-electron chi connectivity index (χ3n) is 2.51. The Hall–Kier alpha value is -0.860. The molecule has 1 aliphatic carbocycles. The number of nitriles is 1. The number of rotatable bonds is 7. The van der Waals surface area contributed by atoms with Crippen LogP contribution in [0, 0.1) is 11.3 Å². The van der Waals surface area contributed by atoms with Gasteiger partial charge in [0.1, 0.15) is 0 Å². The van der Waals surface area contributed by atoms with Crippen molar-refractivity contribution in [3.05, 3.63) is 0 Å². The van der Waals surface area contributed by atoms with Crippen molar-refractivity contribution in [3.8, 4) is 6.07 Å². The molecule has 16 heavy (non-hydrogen) atoms. The molecule has 0 unspecified atom stereocenters. The normalized spacial score (nSPS) is 14.2. The molecule has 0 radical (unpaired) electrons. The third kappa shape index (κ3) is 4.77. The van der Waals surface area contributed by atoms with E-state index in [1.54, 1.807) is 7.11 Å². The van der Waals surface area contributed by atoms with Gasteiger partial charge < -0.3 is 15.0 Å². The Balaban J connectivity index is 2.22. The molecule has 90 valence electrons. The van der Waals surface area contributed by atoms with Gasteiger partial charge in [0.05, 0.1) is 12.5 Å². The Bertz CT molecular complexity index is 260. The highest BCUT2D eigenvalue weighted by Gasteiger charge is 2.30. The number of hydrogen-bond acceptors (Lipinski definition) is 3. The molecule has 1 fully saturated rings. The van der Waals surface area contributed by atoms with E-state index in [4.69, 9.17) is 22.2 Å². The average Bonchev–Trinajstić information content (AvgIpc) is 3.09. The summed E-state index contributed by atoms with van der Waals surface area (Å²) in [6, 6.07) is 2.73. The lowest BCUT2D eigenvalue weighted by Crippen LogP contribution is -2.42. The number of hydrogen-bond donors (Lipinski definition) is 1. The quantitative estimate of drug-likeness (QED) is 0.537. The van der Waals surface area contributed by atoms with Gasteiger partial charge in [0.15, 0.2) is 5.11 Å². The van der Waals surface area contributed by atoms with Crippen LogP contribution in [-0.4, -0.2) is 42.9 Å². The van der Waals surface area contributed by atoms with Crippen LogP contribution in [-0.2, 0) is 4.74 Å². The minimum atomic E-state index is 0.538. The molecule has 1 N–H and O–H groups in total. The van der Waals surface area contributed by atoms with Gasteiger partial charge >= 0.3 is 0 Å². The van der Waals surface area contributed by atoms with Crippen LogP contribution in [0.4, 0.5) is 0 Å². The Kier molecular flexibility index (Phi) is 6.12. The fourth-order valence-electron chi connectivity index (χ4n) is 1.52. The second-order valence-electron chi connectivity index (χ2n) is 3.91. The van der Waals surface area contributed by atoms with Crippen molar-refractivity contribution >= 4 is 17.3 Å². The van der Waals surface area contributed by atoms with Crippen LogP contribution in [0.15, 0.2) is 0 Å². The number of ether oxygens (including phenoxy) is 1. The summed E-state index contributed by atoms with van der Waals surface area (Å²) in [5.74, 6) is 0. The van der Waals surface area contributed by atoms with Crippen LogP contribution >= 0.6 is 12.2 Å². The highest BCUT2D eigenvalue weighted by molar-refractivity contribution is 7.80. The zero-order chi connectivity index (χ0) is 11.8. The van der Waals surface area contributed by atoms with Crippen LogP contribution in [0.3, 0.4) is 0 Å². The van der Waals surface area contributed by atoms with Crippen LogP contribution in [0.1, 0.15) is 25.7 Å². The molecule has 0 atom stereocenters. The Morgan fingerprint density at radius 3 is 2.94 bits per heavy atom. The van der Waals surface area contributed by atoms with Crippen molar-refractivity contribution in [1.29, 1.82) is 5.26 Å². The van der Waals surface area contributed by atoms with Gasteiger partial charge in [-0.25, -0.2) is 0 Å². The third-order valence-corrected chi connectivity index (χ3v) is 2.89. The Morgan fingerprint density at radius 1 is 1.62 bits per heavy atom. The van der Waals surface area contributed by atoms with E-state index >= 15 is 0 Å². The first-order chi connectivity index (χ1) is 7.79. The molecule has 0 amide bonds. The molecule has 4 nitrogen and oxygen atoms in total. The molecular formula is C11H19N3OS. The maximum Gasteiger partial charge on any atom is 0.169 e. The molecule has 0 aromatic carbocycles. The number of nitrogens with one attached hydrogen (secondary N) is 1. The van der Waals surface area contributed by atoms with Gasteiger partial charge in [0.2, 0.25) is 0 Å². The SMILES string of the molecule is COCCCNC(=S)N(CCC#N)C1CC1. The van der Waals surface area contributed by atoms with Gasteiger partial charge in [-0.3, -0.25) is 0 Å². The molecular weight excluding hydrogens is 222 g/mol. The number of nitrogens with zero attached hydrogens (tertiary/aromatic N) is 2. The predicted octanol–water partition coefficient (Wildman–Crippen LogP) is 1.28. The minimum Gasteiger partial charge on any atom is -0.385 e. The van der Waals surface area contributed by atoms with E-state index in [-0.39, 0.29) is 0 Å². The predicted molar refractivity (Wildman–Crippen MR) is 67.1 cm³/mol. The smallest absolute Gasteiger partial charge is 0.169 e. The molecule has 1 saturated carbocycles. The maximum atomic E-state index is 8.59. The van der Waals surface area contributed by atoms with Gasteiger partial charge in [-0.05, 0) is 31.5 Å². The van der Waals surface area contributed by atoms with E-state index in [9.17, 15) is 0 Å². The molecule has 0 aliphatic heterocycles. The van der Waals surface area contributed by atoms with Gasteiger partial charge in [-0.1, -0.05) is 0 Å². The van der Waals surface area contributed by atoms with Gasteiger partial charge in [-0.2, -0.15) is 5.26 Å². The average molecular weight is 241 g/mol. The van der Waals surface area contributed by atoms with Crippen LogP contribution in [0.2, 0.25) is 0 Å². The second kappa shape index (κ2) is 7.42. The molecule has 1 aliphatic rings. The fraction of sp³-hybridized carbons (Fsp3) is 0.818. The summed E-state index contributed by atoms with van der Waals surface area (Å²) in [6.45, 7) is 2.33. The summed E-state index contributed by atoms with van der Waals surface area (Å²) in [5, 5.41) is 12.6. The lowest BCUT2D eigenvalue weighted by molar-refractivity contribution is 0.195. The number of methoxy groups -OCH3 is 1. The van der Waals surface area contributed by atoms with Crippen molar-refractivity contribution < 1.29 is 4.74 Å². The topological polar surface area (TPSA) is 48.3 Å². The second-order valence-corrected chi connectivity index (χ2v) is 4.30. The lowest BCUT2D eigenvalue weighted by atomic mass is 10.4. The molecule has 5 heteroatoms. The summed E-state index contributed by atoms with van der Waals surface area (Å²) in [4.78, 5) is 2.14. The van der Waals surface area contributed by atoms with Gasteiger partial charge in [-0.15, -0.1) is 0 Å². The first-order valence-corrected chi connectivity index (χ1v) is 6.10. The Morgan fingerprint density at radius 2 is 2.38 bits per heavy atom. The molecule has 0 aromatic rings. The van der Waals surface area contributed by atoms with E-state index < -0.39 is 0 Å². The molecule has 0 aromatic heterocycles. The molecule has 1 rings (SSSR count). The molecule has 0 spiro atoms. The highest BCUT2D eigenvalue weighted by Crippen LogP contribution is 2.26. The zero-order valence-corrected chi connectivity index (χ0v) is 10.6. The van der Waals surface area contributed by atoms with Gasteiger partial charge in [0, 0.05) is 32.8 Å². The van der Waals surface area contributed by atoms with Crippen molar-refractivity contribution in [2.24, 2.45) is 0 Å². The summed E-state index contributed by atoms with van der Waals surface area (Å²) < 4.78 is 4.97. The van der Waals surface area contributed by atoms with Crippen LogP contribution in [0.25, 0.3) is 0 Å².